The average molecular weight is 268 g/mol. The summed E-state index contributed by atoms with van der Waals surface area (Å²) < 4.78 is 0. The molecule has 0 aliphatic rings. The number of hydrogen-bond acceptors (Lipinski definition) is 1. The minimum atomic E-state index is -0.974. The van der Waals surface area contributed by atoms with Crippen LogP contribution in [0.2, 0.25) is 0 Å². The third-order valence-corrected chi connectivity index (χ3v) is 3.28. The third kappa shape index (κ3) is 7.03. The molecule has 1 nitrogen and oxygen atoms in total. The molecule has 0 heterocycles. The van der Waals surface area contributed by atoms with Gasteiger partial charge in [0.25, 0.3) is 0 Å². The maximum atomic E-state index is 9.17. The molecule has 1 N–H and O–H groups in total. The zero-order chi connectivity index (χ0) is 14.6. The van der Waals surface area contributed by atoms with Crippen molar-refractivity contribution < 1.29 is 5.11 Å². The molecule has 1 aromatic rings. The molecule has 0 aliphatic heterocycles. The molecule has 0 radical (unpaired) electrons. The van der Waals surface area contributed by atoms with Crippen molar-refractivity contribution in [2.75, 3.05) is 0 Å². The van der Waals surface area contributed by atoms with Crippen LogP contribution < -0.4 is 0 Å². The second-order valence-corrected chi connectivity index (χ2v) is 5.05. The van der Waals surface area contributed by atoms with Crippen LogP contribution >= 0.6 is 0 Å². The van der Waals surface area contributed by atoms with Crippen molar-refractivity contribution in [2.45, 2.75) is 58.0 Å². The van der Waals surface area contributed by atoms with E-state index >= 15 is 0 Å². The van der Waals surface area contributed by atoms with Gasteiger partial charge in [0.2, 0.25) is 0 Å². The van der Waals surface area contributed by atoms with Crippen LogP contribution in [0.4, 0.5) is 0 Å². The van der Waals surface area contributed by atoms with Crippen LogP contribution in [0.3, 0.4) is 0 Å². The number of unbranched alkanes of at least 4 members (excludes halogenated alkanes) is 5. The zero-order valence-corrected chi connectivity index (χ0v) is 12.4. The van der Waals surface area contributed by atoms with Crippen LogP contribution in [-0.2, 0) is 6.42 Å². The van der Waals surface area contributed by atoms with E-state index in [2.05, 4.69) is 36.8 Å². The molecular weight excluding hydrogens is 244 g/mol. The van der Waals surface area contributed by atoms with Crippen molar-refractivity contribution in [1.82, 2.24) is 0 Å². The zero-order valence-electron chi connectivity index (χ0n) is 12.4. The van der Waals surface area contributed by atoms with E-state index in [1.54, 1.807) is 0 Å². The minimum Gasteiger partial charge on any atom is -0.369 e. The topological polar surface area (TPSA) is 20.2 Å². The molecular formula is C19H24O. The predicted molar refractivity (Wildman–Crippen MR) is 85.2 cm³/mol. The van der Waals surface area contributed by atoms with Gasteiger partial charge in [0.15, 0.2) is 6.10 Å². The van der Waals surface area contributed by atoms with Crippen LogP contribution in [0.15, 0.2) is 24.3 Å². The summed E-state index contributed by atoms with van der Waals surface area (Å²) >= 11 is 0. The van der Waals surface area contributed by atoms with Crippen molar-refractivity contribution in [3.8, 4) is 24.2 Å². The molecule has 0 spiro atoms. The van der Waals surface area contributed by atoms with Crippen molar-refractivity contribution in [2.24, 2.45) is 0 Å². The van der Waals surface area contributed by atoms with Crippen molar-refractivity contribution in [3.05, 3.63) is 35.4 Å². The quantitative estimate of drug-likeness (QED) is 0.586. The van der Waals surface area contributed by atoms with Crippen LogP contribution in [0.5, 0.6) is 0 Å². The Balaban J connectivity index is 2.32. The summed E-state index contributed by atoms with van der Waals surface area (Å²) in [4.78, 5) is 0. The number of terminal acetylenes is 1. The van der Waals surface area contributed by atoms with Gasteiger partial charge in [-0.1, -0.05) is 68.9 Å². The van der Waals surface area contributed by atoms with Gasteiger partial charge in [-0.15, -0.1) is 6.42 Å². The number of aliphatic hydroxyl groups is 1. The summed E-state index contributed by atoms with van der Waals surface area (Å²) in [5.41, 5.74) is 2.24. The molecule has 1 heteroatoms. The number of benzene rings is 1. The number of aryl methyl sites for hydroxylation is 1. The van der Waals surface area contributed by atoms with E-state index in [0.29, 0.717) is 0 Å². The van der Waals surface area contributed by atoms with E-state index in [0.717, 1.165) is 12.0 Å². The van der Waals surface area contributed by atoms with E-state index in [4.69, 9.17) is 11.5 Å². The lowest BCUT2D eigenvalue weighted by atomic mass is 10.0. The molecule has 0 amide bonds. The van der Waals surface area contributed by atoms with Gasteiger partial charge in [-0.3, -0.25) is 0 Å². The van der Waals surface area contributed by atoms with Gasteiger partial charge in [0, 0.05) is 5.56 Å². The molecule has 0 fully saturated rings. The lowest BCUT2D eigenvalue weighted by Gasteiger charge is -2.02. The third-order valence-electron chi connectivity index (χ3n) is 3.28. The van der Waals surface area contributed by atoms with E-state index in [-0.39, 0.29) is 0 Å². The highest BCUT2D eigenvalue weighted by Gasteiger charge is 1.95. The molecule has 106 valence electrons. The highest BCUT2D eigenvalue weighted by atomic mass is 16.3. The smallest absolute Gasteiger partial charge is 0.176 e. The fourth-order valence-electron chi connectivity index (χ4n) is 2.06. The molecule has 0 aromatic heterocycles. The summed E-state index contributed by atoms with van der Waals surface area (Å²) in [7, 11) is 0. The first-order valence-electron chi connectivity index (χ1n) is 7.51. The normalized spacial score (nSPS) is 11.2. The van der Waals surface area contributed by atoms with Crippen LogP contribution in [0, 0.1) is 24.2 Å². The van der Waals surface area contributed by atoms with Crippen molar-refractivity contribution in [1.29, 1.82) is 0 Å². The molecule has 0 bridgehead atoms. The monoisotopic (exact) mass is 268 g/mol. The molecule has 1 atom stereocenters. The molecule has 20 heavy (non-hydrogen) atoms. The van der Waals surface area contributed by atoms with Gasteiger partial charge in [-0.05, 0) is 30.5 Å². The van der Waals surface area contributed by atoms with E-state index < -0.39 is 6.10 Å². The Kier molecular flexibility index (Phi) is 8.28. The second kappa shape index (κ2) is 10.1. The van der Waals surface area contributed by atoms with Crippen LogP contribution in [0.25, 0.3) is 0 Å². The highest BCUT2D eigenvalue weighted by molar-refractivity contribution is 5.38. The van der Waals surface area contributed by atoms with Gasteiger partial charge < -0.3 is 5.11 Å². The lowest BCUT2D eigenvalue weighted by Crippen LogP contribution is -1.96. The summed E-state index contributed by atoms with van der Waals surface area (Å²) in [5, 5.41) is 9.17. The summed E-state index contributed by atoms with van der Waals surface area (Å²) in [6, 6.07) is 8.20. The first kappa shape index (κ1) is 16.4. The van der Waals surface area contributed by atoms with E-state index in [1.165, 1.54) is 44.1 Å². The Labute approximate surface area is 123 Å². The molecule has 1 aromatic carbocycles. The van der Waals surface area contributed by atoms with Crippen molar-refractivity contribution in [3.63, 3.8) is 0 Å². The maximum Gasteiger partial charge on any atom is 0.176 e. The summed E-state index contributed by atoms with van der Waals surface area (Å²) in [6.07, 6.45) is 13.2. The largest absolute Gasteiger partial charge is 0.369 e. The van der Waals surface area contributed by atoms with E-state index in [1.807, 2.05) is 12.1 Å². The van der Waals surface area contributed by atoms with Crippen LogP contribution in [-0.4, -0.2) is 11.2 Å². The number of aliphatic hydroxyl groups excluding tert-OH is 1. The van der Waals surface area contributed by atoms with Crippen LogP contribution in [0.1, 0.15) is 56.6 Å². The molecule has 0 unspecified atom stereocenters. The van der Waals surface area contributed by atoms with Gasteiger partial charge >= 0.3 is 0 Å². The highest BCUT2D eigenvalue weighted by Crippen LogP contribution is 2.10. The van der Waals surface area contributed by atoms with E-state index in [9.17, 15) is 0 Å². The molecule has 1 rings (SSSR count). The van der Waals surface area contributed by atoms with Crippen molar-refractivity contribution >= 4 is 0 Å². The first-order chi connectivity index (χ1) is 9.76. The Morgan fingerprint density at radius 1 is 1.05 bits per heavy atom. The summed E-state index contributed by atoms with van der Waals surface area (Å²) in [5.74, 6) is 7.66. The second-order valence-electron chi connectivity index (χ2n) is 5.05. The van der Waals surface area contributed by atoms with Gasteiger partial charge in [0.1, 0.15) is 0 Å². The lowest BCUT2D eigenvalue weighted by molar-refractivity contribution is 0.290. The Morgan fingerprint density at radius 2 is 1.70 bits per heavy atom. The Hall–Kier alpha value is -1.70. The average Bonchev–Trinajstić information content (AvgIpc) is 2.49. The van der Waals surface area contributed by atoms with Gasteiger partial charge in [0.05, 0.1) is 0 Å². The maximum absolute atomic E-state index is 9.17. The Morgan fingerprint density at radius 3 is 2.35 bits per heavy atom. The molecule has 0 saturated carbocycles. The summed E-state index contributed by atoms with van der Waals surface area (Å²) in [6.45, 7) is 2.24. The SMILES string of the molecule is C#C[C@H](O)C#Cc1ccc(CCCCCCCC)cc1. The standard InChI is InChI=1S/C19H24O/c1-3-5-6-7-8-9-10-17-11-13-18(14-12-17)15-16-19(20)4-2/h2,11-14,19-20H,3,5-10H2,1H3/t19-/m0/s1. The molecule has 0 aliphatic carbocycles. The first-order valence-corrected chi connectivity index (χ1v) is 7.51. The fraction of sp³-hybridized carbons (Fsp3) is 0.474. The predicted octanol–water partition coefficient (Wildman–Crippen LogP) is 3.94. The minimum absolute atomic E-state index is 0.894. The number of rotatable bonds is 7. The molecule has 0 saturated heterocycles. The van der Waals surface area contributed by atoms with Gasteiger partial charge in [-0.2, -0.15) is 0 Å². The fourth-order valence-corrected chi connectivity index (χ4v) is 2.06. The van der Waals surface area contributed by atoms with Gasteiger partial charge in [-0.25, -0.2) is 0 Å². The Bertz CT molecular complexity index is 467. The number of hydrogen-bond donors (Lipinski definition) is 1.